The third kappa shape index (κ3) is 8.81. The third-order valence-electron chi connectivity index (χ3n) is 7.51. The highest BCUT2D eigenvalue weighted by Crippen LogP contribution is 2.30. The fraction of sp³-hybridized carbons (Fsp3) is 0.516. The summed E-state index contributed by atoms with van der Waals surface area (Å²) >= 11 is 2.96. The van der Waals surface area contributed by atoms with Crippen LogP contribution in [0.2, 0.25) is 0 Å². The summed E-state index contributed by atoms with van der Waals surface area (Å²) in [7, 11) is 0. The zero-order chi connectivity index (χ0) is 30.4. The number of imidazole rings is 1. The molecule has 43 heavy (non-hydrogen) atoms. The van der Waals surface area contributed by atoms with Gasteiger partial charge in [0.15, 0.2) is 4.34 Å². The van der Waals surface area contributed by atoms with Gasteiger partial charge in [-0.3, -0.25) is 4.79 Å². The first-order chi connectivity index (χ1) is 20.6. The summed E-state index contributed by atoms with van der Waals surface area (Å²) in [4.78, 5) is 32.4. The molecule has 1 N–H and O–H groups in total. The number of rotatable bonds is 6. The van der Waals surface area contributed by atoms with Crippen molar-refractivity contribution in [3.05, 3.63) is 48.0 Å². The average Bonchev–Trinajstić information content (AvgIpc) is 3.67. The van der Waals surface area contributed by atoms with Gasteiger partial charge in [0.05, 0.1) is 6.33 Å². The molecule has 2 saturated heterocycles. The van der Waals surface area contributed by atoms with Gasteiger partial charge in [0.2, 0.25) is 11.0 Å². The molecule has 4 heterocycles. The second-order valence-corrected chi connectivity index (χ2v) is 14.1. The molecule has 3 aromatic rings. The second kappa shape index (κ2) is 13.9. The molecule has 2 amide bonds. The summed E-state index contributed by atoms with van der Waals surface area (Å²) in [6.07, 6.45) is 9.35. The highest BCUT2D eigenvalue weighted by atomic mass is 32.2. The van der Waals surface area contributed by atoms with Gasteiger partial charge in [-0.25, -0.2) is 9.78 Å². The number of ether oxygens (including phenoxy) is 1. The minimum Gasteiger partial charge on any atom is -0.444 e. The number of benzene rings is 1. The van der Waals surface area contributed by atoms with Crippen LogP contribution in [0, 0.1) is 17.8 Å². The van der Waals surface area contributed by atoms with Crippen LogP contribution in [-0.2, 0) is 15.3 Å². The molecule has 0 aliphatic carbocycles. The summed E-state index contributed by atoms with van der Waals surface area (Å²) < 4.78 is 8.34. The lowest BCUT2D eigenvalue weighted by Gasteiger charge is -2.41. The van der Waals surface area contributed by atoms with E-state index in [0.717, 1.165) is 73.0 Å². The quantitative estimate of drug-likeness (QED) is 0.221. The molecule has 228 valence electrons. The molecule has 0 atom stereocenters. The first-order valence-electron chi connectivity index (χ1n) is 14.7. The van der Waals surface area contributed by atoms with Crippen LogP contribution in [0.4, 0.5) is 9.93 Å². The van der Waals surface area contributed by atoms with E-state index < -0.39 is 5.60 Å². The minimum absolute atomic E-state index is 0.158. The lowest BCUT2D eigenvalue weighted by molar-refractivity contribution is -0.114. The molecule has 5 rings (SSSR count). The maximum absolute atomic E-state index is 12.4. The number of piperidine rings is 2. The highest BCUT2D eigenvalue weighted by Gasteiger charge is 2.31. The number of thioether (sulfide) groups is 1. The molecule has 2 aliphatic rings. The smallest absolute Gasteiger partial charge is 0.410 e. The highest BCUT2D eigenvalue weighted by molar-refractivity contribution is 8.00. The maximum Gasteiger partial charge on any atom is 0.410 e. The van der Waals surface area contributed by atoms with E-state index in [-0.39, 0.29) is 12.0 Å². The summed E-state index contributed by atoms with van der Waals surface area (Å²) in [5.74, 6) is 8.00. The number of carbonyl (C=O) groups excluding carboxylic acids is 2. The standard InChI is InChI=1S/C31H39N7O3S2/c1-22(39)33-28-34-35-29(43-28)42-20-25-7-8-27(38-18-13-32-21-38)19-24(25)6-5-23-9-14-36(15-10-23)26-11-16-37(17-12-26)30(40)41-31(2,3)4/h7-8,13,18-19,21,23,26H,9-12,14-17,20H2,1-4H3,(H,33,34,39). The van der Waals surface area contributed by atoms with Gasteiger partial charge in [0.1, 0.15) is 5.60 Å². The van der Waals surface area contributed by atoms with Crippen molar-refractivity contribution >= 4 is 40.2 Å². The lowest BCUT2D eigenvalue weighted by Crippen LogP contribution is -2.49. The van der Waals surface area contributed by atoms with Gasteiger partial charge in [-0.2, -0.15) is 0 Å². The van der Waals surface area contributed by atoms with Crippen LogP contribution in [-0.4, -0.2) is 79.4 Å². The van der Waals surface area contributed by atoms with Crippen molar-refractivity contribution in [1.82, 2.24) is 29.5 Å². The van der Waals surface area contributed by atoms with Crippen molar-refractivity contribution in [2.75, 3.05) is 31.5 Å². The van der Waals surface area contributed by atoms with E-state index in [9.17, 15) is 9.59 Å². The van der Waals surface area contributed by atoms with Crippen LogP contribution in [0.25, 0.3) is 5.69 Å². The molecule has 0 spiro atoms. The zero-order valence-corrected chi connectivity index (χ0v) is 26.8. The monoisotopic (exact) mass is 621 g/mol. The molecule has 10 nitrogen and oxygen atoms in total. The van der Waals surface area contributed by atoms with Crippen LogP contribution in [0.1, 0.15) is 64.5 Å². The molecule has 2 fully saturated rings. The third-order valence-corrected chi connectivity index (χ3v) is 9.53. The Morgan fingerprint density at radius 3 is 2.56 bits per heavy atom. The predicted molar refractivity (Wildman–Crippen MR) is 169 cm³/mol. The van der Waals surface area contributed by atoms with Gasteiger partial charge >= 0.3 is 6.09 Å². The molecule has 2 aliphatic heterocycles. The van der Waals surface area contributed by atoms with Crippen LogP contribution in [0.5, 0.6) is 0 Å². The van der Waals surface area contributed by atoms with E-state index in [2.05, 4.69) is 55.4 Å². The summed E-state index contributed by atoms with van der Waals surface area (Å²) in [6, 6.07) is 6.84. The Balaban J connectivity index is 1.19. The van der Waals surface area contributed by atoms with E-state index in [0.29, 0.717) is 22.8 Å². The van der Waals surface area contributed by atoms with Crippen molar-refractivity contribution in [1.29, 1.82) is 0 Å². The number of hydrogen-bond acceptors (Lipinski definition) is 9. The Morgan fingerprint density at radius 1 is 1.12 bits per heavy atom. The van der Waals surface area contributed by atoms with Crippen LogP contribution < -0.4 is 5.32 Å². The predicted octanol–water partition coefficient (Wildman–Crippen LogP) is 5.44. The molecule has 2 aromatic heterocycles. The fourth-order valence-electron chi connectivity index (χ4n) is 5.32. The molecule has 0 unspecified atom stereocenters. The second-order valence-electron chi connectivity index (χ2n) is 11.9. The van der Waals surface area contributed by atoms with Crippen molar-refractivity contribution in [2.24, 2.45) is 5.92 Å². The Labute approximate surface area is 261 Å². The number of nitrogens with one attached hydrogen (secondary N) is 1. The molecule has 0 bridgehead atoms. The number of likely N-dealkylation sites (tertiary alicyclic amines) is 2. The van der Waals surface area contributed by atoms with Crippen molar-refractivity contribution < 1.29 is 14.3 Å². The fourth-order valence-corrected chi connectivity index (χ4v) is 7.12. The summed E-state index contributed by atoms with van der Waals surface area (Å²) in [5.41, 5.74) is 2.69. The van der Waals surface area contributed by atoms with Crippen LogP contribution in [0.15, 0.2) is 41.3 Å². The van der Waals surface area contributed by atoms with Gasteiger partial charge < -0.3 is 24.4 Å². The lowest BCUT2D eigenvalue weighted by atomic mass is 9.93. The Bertz CT molecular complexity index is 1460. The molecule has 12 heteroatoms. The first-order valence-corrected chi connectivity index (χ1v) is 16.5. The number of carbonyl (C=O) groups is 2. The number of aromatic nitrogens is 4. The topological polar surface area (TPSA) is 105 Å². The Hall–Kier alpha value is -3.40. The number of amides is 2. The van der Waals surface area contributed by atoms with Crippen LogP contribution in [0.3, 0.4) is 0 Å². The van der Waals surface area contributed by atoms with Crippen molar-refractivity contribution in [3.8, 4) is 17.5 Å². The minimum atomic E-state index is -0.464. The zero-order valence-electron chi connectivity index (χ0n) is 25.2. The van der Waals surface area contributed by atoms with Gasteiger partial charge in [-0.1, -0.05) is 41.0 Å². The largest absolute Gasteiger partial charge is 0.444 e. The molecule has 0 saturated carbocycles. The van der Waals surface area contributed by atoms with Gasteiger partial charge in [0, 0.05) is 61.4 Å². The first kappa shape index (κ1) is 31.0. The van der Waals surface area contributed by atoms with Crippen molar-refractivity contribution in [2.45, 2.75) is 75.1 Å². The SMILES string of the molecule is CC(=O)Nc1nnc(SCc2ccc(-n3ccnc3)cc2C#CC2CCN(C3CCN(C(=O)OC(C)(C)C)CC3)CC2)s1. The molecular formula is C31H39N7O3S2. The Kier molecular flexibility index (Phi) is 10.1. The van der Waals surface area contributed by atoms with Crippen molar-refractivity contribution in [3.63, 3.8) is 0 Å². The summed E-state index contributed by atoms with van der Waals surface area (Å²) in [5, 5.41) is 11.4. The molecule has 1 aromatic carbocycles. The van der Waals surface area contributed by atoms with Crippen LogP contribution >= 0.6 is 23.1 Å². The molecule has 0 radical (unpaired) electrons. The Morgan fingerprint density at radius 2 is 1.88 bits per heavy atom. The van der Waals surface area contributed by atoms with Gasteiger partial charge in [0.25, 0.3) is 0 Å². The summed E-state index contributed by atoms with van der Waals surface area (Å²) in [6.45, 7) is 10.7. The van der Waals surface area contributed by atoms with E-state index >= 15 is 0 Å². The molecular weight excluding hydrogens is 583 g/mol. The average molecular weight is 622 g/mol. The van der Waals surface area contributed by atoms with E-state index in [1.54, 1.807) is 24.3 Å². The van der Waals surface area contributed by atoms with E-state index in [1.165, 1.54) is 18.3 Å². The van der Waals surface area contributed by atoms with E-state index in [1.807, 2.05) is 36.4 Å². The number of nitrogens with zero attached hydrogens (tertiary/aromatic N) is 6. The number of hydrogen-bond donors (Lipinski definition) is 1. The van der Waals surface area contributed by atoms with E-state index in [4.69, 9.17) is 4.74 Å². The van der Waals surface area contributed by atoms with Gasteiger partial charge in [-0.15, -0.1) is 10.2 Å². The van der Waals surface area contributed by atoms with Gasteiger partial charge in [-0.05, 0) is 77.2 Å². The normalized spacial score (nSPS) is 16.9. The number of anilines is 1. The maximum atomic E-state index is 12.4.